The van der Waals surface area contributed by atoms with Crippen LogP contribution < -0.4 is 0 Å². The zero-order chi connectivity index (χ0) is 16.2. The van der Waals surface area contributed by atoms with E-state index in [9.17, 15) is 13.6 Å². The molecule has 1 aromatic carbocycles. The monoisotopic (exact) mass is 319 g/mol. The summed E-state index contributed by atoms with van der Waals surface area (Å²) in [5.74, 6) is -0.765. The molecule has 0 bridgehead atoms. The summed E-state index contributed by atoms with van der Waals surface area (Å²) in [4.78, 5) is 14.1. The van der Waals surface area contributed by atoms with E-state index in [-0.39, 0.29) is 17.4 Å². The largest absolute Gasteiger partial charge is 0.472 e. The molecule has 0 unspecified atom stereocenters. The molecule has 0 aliphatic carbocycles. The van der Waals surface area contributed by atoms with Crippen molar-refractivity contribution in [2.24, 2.45) is 5.92 Å². The van der Waals surface area contributed by atoms with Crippen LogP contribution in [0.2, 0.25) is 0 Å². The van der Waals surface area contributed by atoms with E-state index < -0.39 is 11.6 Å². The minimum absolute atomic E-state index is 0.0412. The van der Waals surface area contributed by atoms with Gasteiger partial charge in [-0.25, -0.2) is 8.78 Å². The summed E-state index contributed by atoms with van der Waals surface area (Å²) in [5.41, 5.74) is 0.691. The van der Waals surface area contributed by atoms with Gasteiger partial charge in [0.15, 0.2) is 0 Å². The minimum atomic E-state index is -0.493. The molecule has 5 heteroatoms. The number of nitrogens with zero attached hydrogens (tertiary/aromatic N) is 1. The van der Waals surface area contributed by atoms with Gasteiger partial charge in [0.1, 0.15) is 17.9 Å². The maximum Gasteiger partial charge on any atom is 0.257 e. The van der Waals surface area contributed by atoms with Crippen LogP contribution in [0.25, 0.3) is 0 Å². The molecule has 2 heterocycles. The highest BCUT2D eigenvalue weighted by Gasteiger charge is 2.25. The van der Waals surface area contributed by atoms with E-state index in [0.717, 1.165) is 12.8 Å². The Hall–Kier alpha value is -2.17. The highest BCUT2D eigenvalue weighted by Crippen LogP contribution is 2.24. The zero-order valence-corrected chi connectivity index (χ0v) is 12.8. The topological polar surface area (TPSA) is 33.5 Å². The first-order valence-corrected chi connectivity index (χ1v) is 7.89. The van der Waals surface area contributed by atoms with Crippen LogP contribution in [0.3, 0.4) is 0 Å². The molecule has 1 saturated heterocycles. The lowest BCUT2D eigenvalue weighted by Crippen LogP contribution is -2.39. The first-order chi connectivity index (χ1) is 11.1. The van der Waals surface area contributed by atoms with Crippen molar-refractivity contribution >= 4 is 5.91 Å². The normalized spacial score (nSPS) is 18.2. The molecule has 1 amide bonds. The lowest BCUT2D eigenvalue weighted by Gasteiger charge is -2.32. The van der Waals surface area contributed by atoms with Gasteiger partial charge < -0.3 is 9.32 Å². The van der Waals surface area contributed by atoms with Crippen LogP contribution in [0.5, 0.6) is 0 Å². The molecule has 1 aromatic heterocycles. The van der Waals surface area contributed by atoms with Crippen molar-refractivity contribution in [3.05, 3.63) is 59.6 Å². The molecule has 1 atom stereocenters. The fourth-order valence-electron chi connectivity index (χ4n) is 3.17. The van der Waals surface area contributed by atoms with E-state index in [0.29, 0.717) is 31.5 Å². The molecule has 0 saturated carbocycles. The maximum atomic E-state index is 13.7. The van der Waals surface area contributed by atoms with Gasteiger partial charge in [0.25, 0.3) is 5.91 Å². The summed E-state index contributed by atoms with van der Waals surface area (Å²) in [6, 6.07) is 5.60. The van der Waals surface area contributed by atoms with Gasteiger partial charge in [-0.15, -0.1) is 0 Å². The second kappa shape index (κ2) is 6.94. The first kappa shape index (κ1) is 15.7. The van der Waals surface area contributed by atoms with Crippen LogP contribution in [0.4, 0.5) is 8.78 Å². The molecule has 2 aromatic rings. The van der Waals surface area contributed by atoms with E-state index in [1.54, 1.807) is 11.0 Å². The van der Waals surface area contributed by atoms with Gasteiger partial charge in [-0.05, 0) is 49.8 Å². The molecule has 3 nitrogen and oxygen atoms in total. The van der Waals surface area contributed by atoms with Gasteiger partial charge in [0, 0.05) is 18.7 Å². The van der Waals surface area contributed by atoms with Gasteiger partial charge in [0.05, 0.1) is 11.8 Å². The van der Waals surface area contributed by atoms with Crippen molar-refractivity contribution in [3.63, 3.8) is 0 Å². The number of benzene rings is 1. The first-order valence-electron chi connectivity index (χ1n) is 7.89. The third kappa shape index (κ3) is 3.60. The average Bonchev–Trinajstić information content (AvgIpc) is 3.08. The summed E-state index contributed by atoms with van der Waals surface area (Å²) < 4.78 is 32.3. The number of carbonyl (C=O) groups is 1. The van der Waals surface area contributed by atoms with E-state index in [1.165, 1.54) is 30.7 Å². The second-order valence-corrected chi connectivity index (χ2v) is 6.01. The molecule has 1 fully saturated rings. The summed E-state index contributed by atoms with van der Waals surface area (Å²) in [6.45, 7) is 1.34. The van der Waals surface area contributed by atoms with Crippen molar-refractivity contribution in [2.45, 2.75) is 25.7 Å². The van der Waals surface area contributed by atoms with Gasteiger partial charge in [-0.3, -0.25) is 4.79 Å². The van der Waals surface area contributed by atoms with Crippen molar-refractivity contribution < 1.29 is 18.0 Å². The Morgan fingerprint density at radius 1 is 1.26 bits per heavy atom. The Balaban J connectivity index is 1.60. The molecule has 0 spiro atoms. The SMILES string of the molecule is O=C(c1ccoc1)N1CCC[C@H](CCc2c(F)cccc2F)C1. The number of amides is 1. The number of hydrogen-bond acceptors (Lipinski definition) is 2. The smallest absolute Gasteiger partial charge is 0.257 e. The van der Waals surface area contributed by atoms with E-state index in [4.69, 9.17) is 4.42 Å². The Morgan fingerprint density at radius 3 is 2.74 bits per heavy atom. The predicted molar refractivity (Wildman–Crippen MR) is 82.0 cm³/mol. The summed E-state index contributed by atoms with van der Waals surface area (Å²) >= 11 is 0. The molecule has 0 N–H and O–H groups in total. The van der Waals surface area contributed by atoms with Crippen molar-refractivity contribution in [2.75, 3.05) is 13.1 Å². The maximum absolute atomic E-state index is 13.7. The molecule has 0 radical (unpaired) electrons. The molecule has 1 aliphatic rings. The van der Waals surface area contributed by atoms with Crippen LogP contribution in [-0.2, 0) is 6.42 Å². The minimum Gasteiger partial charge on any atom is -0.472 e. The number of carbonyl (C=O) groups excluding carboxylic acids is 1. The molecular weight excluding hydrogens is 300 g/mol. The van der Waals surface area contributed by atoms with Crippen LogP contribution in [0.15, 0.2) is 41.2 Å². The third-order valence-corrected chi connectivity index (χ3v) is 4.44. The lowest BCUT2D eigenvalue weighted by molar-refractivity contribution is 0.0667. The Labute approximate surface area is 133 Å². The summed E-state index contributed by atoms with van der Waals surface area (Å²) in [6.07, 6.45) is 5.85. The number of piperidine rings is 1. The molecule has 23 heavy (non-hydrogen) atoms. The number of rotatable bonds is 4. The molecule has 122 valence electrons. The zero-order valence-electron chi connectivity index (χ0n) is 12.8. The van der Waals surface area contributed by atoms with Crippen LogP contribution in [0, 0.1) is 17.6 Å². The van der Waals surface area contributed by atoms with Crippen molar-refractivity contribution in [1.29, 1.82) is 0 Å². The number of halogens is 2. The second-order valence-electron chi connectivity index (χ2n) is 6.01. The average molecular weight is 319 g/mol. The lowest BCUT2D eigenvalue weighted by atomic mass is 9.91. The standard InChI is InChI=1S/C18H19F2NO2/c19-16-4-1-5-17(20)15(16)7-6-13-3-2-9-21(11-13)18(22)14-8-10-23-12-14/h1,4-5,8,10,12-13H,2-3,6-7,9,11H2/t13-/m1/s1. The highest BCUT2D eigenvalue weighted by atomic mass is 19.1. The van der Waals surface area contributed by atoms with Gasteiger partial charge in [-0.1, -0.05) is 6.07 Å². The van der Waals surface area contributed by atoms with Gasteiger partial charge in [0.2, 0.25) is 0 Å². The third-order valence-electron chi connectivity index (χ3n) is 4.44. The summed E-state index contributed by atoms with van der Waals surface area (Å²) in [7, 11) is 0. The fraction of sp³-hybridized carbons (Fsp3) is 0.389. The van der Waals surface area contributed by atoms with Gasteiger partial charge >= 0.3 is 0 Å². The summed E-state index contributed by atoms with van der Waals surface area (Å²) in [5, 5.41) is 0. The quantitative estimate of drug-likeness (QED) is 0.852. The van der Waals surface area contributed by atoms with E-state index in [1.807, 2.05) is 0 Å². The Kier molecular flexibility index (Phi) is 4.74. The number of furan rings is 1. The molecule has 3 rings (SSSR count). The van der Waals surface area contributed by atoms with Crippen molar-refractivity contribution in [1.82, 2.24) is 4.90 Å². The number of likely N-dealkylation sites (tertiary alicyclic amines) is 1. The van der Waals surface area contributed by atoms with Gasteiger partial charge in [-0.2, -0.15) is 0 Å². The Morgan fingerprint density at radius 2 is 2.04 bits per heavy atom. The molecular formula is C18H19F2NO2. The van der Waals surface area contributed by atoms with Crippen molar-refractivity contribution in [3.8, 4) is 0 Å². The highest BCUT2D eigenvalue weighted by molar-refractivity contribution is 5.93. The van der Waals surface area contributed by atoms with Crippen LogP contribution >= 0.6 is 0 Å². The molecule has 1 aliphatic heterocycles. The van der Waals surface area contributed by atoms with Crippen LogP contribution in [0.1, 0.15) is 35.2 Å². The van der Waals surface area contributed by atoms with E-state index >= 15 is 0 Å². The predicted octanol–water partition coefficient (Wildman–Crippen LogP) is 4.04. The number of hydrogen-bond donors (Lipinski definition) is 0. The Bertz CT molecular complexity index is 649. The van der Waals surface area contributed by atoms with E-state index in [2.05, 4.69) is 0 Å². The fourth-order valence-corrected chi connectivity index (χ4v) is 3.17. The van der Waals surface area contributed by atoms with Crippen LogP contribution in [-0.4, -0.2) is 23.9 Å².